The zero-order valence-corrected chi connectivity index (χ0v) is 42.3. The molecule has 0 aliphatic rings. The van der Waals surface area contributed by atoms with Gasteiger partial charge in [-0.3, -0.25) is 0 Å². The van der Waals surface area contributed by atoms with Crippen LogP contribution in [0.1, 0.15) is 0 Å². The Labute approximate surface area is 438 Å². The first kappa shape index (κ1) is 44.2. The second kappa shape index (κ2) is 18.5. The SMILES string of the molecule is c1ccc(-c2cccc([Si](c3ccccc3)(c3ccccc3)c3cc(-c4ccccc4)c(-n4c5ccc(-c6ccccc6)cc5c5cc(-n6c7ccccc7c7ccccc76)ccc54)c(-c4ccccc4)c3)c2)cc1. The van der Waals surface area contributed by atoms with Crippen molar-refractivity contribution in [2.75, 3.05) is 0 Å². The van der Waals surface area contributed by atoms with Crippen LogP contribution in [0.2, 0.25) is 0 Å². The van der Waals surface area contributed by atoms with Gasteiger partial charge in [0.1, 0.15) is 0 Å². The molecule has 3 heteroatoms. The smallest absolute Gasteiger partial charge is 0.179 e. The first-order valence-electron chi connectivity index (χ1n) is 25.9. The number of hydrogen-bond donors (Lipinski definition) is 0. The molecule has 2 nitrogen and oxygen atoms in total. The van der Waals surface area contributed by atoms with Gasteiger partial charge in [0.05, 0.1) is 27.8 Å². The lowest BCUT2D eigenvalue weighted by Gasteiger charge is -2.36. The monoisotopic (exact) mass is 970 g/mol. The quantitative estimate of drug-likeness (QED) is 0.0955. The minimum Gasteiger partial charge on any atom is -0.309 e. The Bertz CT molecular complexity index is 4220. The van der Waals surface area contributed by atoms with Crippen LogP contribution in [0.5, 0.6) is 0 Å². The van der Waals surface area contributed by atoms with Crippen molar-refractivity contribution in [1.82, 2.24) is 9.13 Å². The summed E-state index contributed by atoms with van der Waals surface area (Å²) < 4.78 is 5.02. The summed E-state index contributed by atoms with van der Waals surface area (Å²) in [5, 5.41) is 10.2. The predicted molar refractivity (Wildman–Crippen MR) is 320 cm³/mol. The van der Waals surface area contributed by atoms with Gasteiger partial charge in [-0.2, -0.15) is 0 Å². The van der Waals surface area contributed by atoms with E-state index in [-0.39, 0.29) is 0 Å². The highest BCUT2D eigenvalue weighted by molar-refractivity contribution is 7.20. The summed E-state index contributed by atoms with van der Waals surface area (Å²) >= 11 is 0. The van der Waals surface area contributed by atoms with Crippen molar-refractivity contribution < 1.29 is 0 Å². The molecule has 0 aliphatic carbocycles. The van der Waals surface area contributed by atoms with Crippen molar-refractivity contribution in [1.29, 1.82) is 0 Å². The molecule has 0 N–H and O–H groups in total. The van der Waals surface area contributed by atoms with Crippen LogP contribution in [0.4, 0.5) is 0 Å². The van der Waals surface area contributed by atoms with E-state index in [2.05, 4.69) is 312 Å². The number of rotatable bonds is 10. The average Bonchev–Trinajstić information content (AvgIpc) is 4.02. The first-order chi connectivity index (χ1) is 37.2. The summed E-state index contributed by atoms with van der Waals surface area (Å²) in [4.78, 5) is 0. The number of benzene rings is 12. The van der Waals surface area contributed by atoms with E-state index >= 15 is 0 Å². The van der Waals surface area contributed by atoms with E-state index in [0.717, 1.165) is 33.5 Å². The topological polar surface area (TPSA) is 9.86 Å². The molecule has 0 fully saturated rings. The molecule has 0 unspecified atom stereocenters. The molecule has 0 saturated carbocycles. The molecule has 75 heavy (non-hydrogen) atoms. The molecule has 0 saturated heterocycles. The van der Waals surface area contributed by atoms with Crippen molar-refractivity contribution in [2.24, 2.45) is 0 Å². The largest absolute Gasteiger partial charge is 0.309 e. The van der Waals surface area contributed by atoms with Gasteiger partial charge in [-0.15, -0.1) is 0 Å². The minimum atomic E-state index is -3.15. The van der Waals surface area contributed by atoms with Crippen LogP contribution in [-0.4, -0.2) is 17.2 Å². The van der Waals surface area contributed by atoms with Crippen molar-refractivity contribution in [3.63, 3.8) is 0 Å². The van der Waals surface area contributed by atoms with Gasteiger partial charge in [-0.25, -0.2) is 0 Å². The molecular formula is C72H50N2Si. The molecule has 14 rings (SSSR count). The lowest BCUT2D eigenvalue weighted by atomic mass is 9.95. The maximum Gasteiger partial charge on any atom is 0.179 e. The van der Waals surface area contributed by atoms with Gasteiger partial charge >= 0.3 is 0 Å². The summed E-state index contributed by atoms with van der Waals surface area (Å²) in [5.74, 6) is 0. The lowest BCUT2D eigenvalue weighted by molar-refractivity contribution is 1.17. The summed E-state index contributed by atoms with van der Waals surface area (Å²) in [5.41, 5.74) is 16.4. The third-order valence-corrected chi connectivity index (χ3v) is 20.2. The number of hydrogen-bond acceptors (Lipinski definition) is 0. The maximum absolute atomic E-state index is 3.15. The van der Waals surface area contributed by atoms with E-state index in [1.807, 2.05) is 0 Å². The minimum absolute atomic E-state index is 1.13. The predicted octanol–water partition coefficient (Wildman–Crippen LogP) is 15.9. The van der Waals surface area contributed by atoms with Crippen molar-refractivity contribution in [2.45, 2.75) is 0 Å². The van der Waals surface area contributed by atoms with Crippen LogP contribution in [0.25, 0.3) is 99.5 Å². The van der Waals surface area contributed by atoms with E-state index < -0.39 is 8.07 Å². The second-order valence-corrected chi connectivity index (χ2v) is 23.4. The fourth-order valence-electron chi connectivity index (χ4n) is 12.1. The second-order valence-electron chi connectivity index (χ2n) is 19.6. The molecule has 352 valence electrons. The van der Waals surface area contributed by atoms with Crippen molar-refractivity contribution >= 4 is 72.4 Å². The molecular weight excluding hydrogens is 921 g/mol. The zero-order chi connectivity index (χ0) is 49.7. The van der Waals surface area contributed by atoms with Crippen LogP contribution in [0.15, 0.2) is 303 Å². The van der Waals surface area contributed by atoms with Crippen molar-refractivity contribution in [3.05, 3.63) is 303 Å². The molecule has 2 aromatic heterocycles. The molecule has 0 radical (unpaired) electrons. The Hall–Kier alpha value is -9.54. The third kappa shape index (κ3) is 7.39. The maximum atomic E-state index is 2.58. The first-order valence-corrected chi connectivity index (χ1v) is 27.9. The van der Waals surface area contributed by atoms with E-state index in [0.29, 0.717) is 0 Å². The van der Waals surface area contributed by atoms with Gasteiger partial charge in [0.2, 0.25) is 0 Å². The molecule has 0 aliphatic heterocycles. The van der Waals surface area contributed by atoms with E-state index in [1.165, 1.54) is 86.7 Å². The molecule has 0 spiro atoms. The highest BCUT2D eigenvalue weighted by atomic mass is 28.3. The summed E-state index contributed by atoms with van der Waals surface area (Å²) in [7, 11) is -3.15. The fourth-order valence-corrected chi connectivity index (χ4v) is 16.9. The number of aromatic nitrogens is 2. The standard InChI is InChI=1S/C72H50N2Si/c1-7-24-51(25-8-1)55-32-23-37-60(46-55)75(58-33-15-5-16-34-58,59-35-17-6-18-36-59)61-49-64(53-28-11-3-12-29-53)72(65(50-61)54-30-13-4-14-31-54)74-70-44-42-56(52-26-9-2-10-27-52)47-66(70)67-48-57(43-45-71(67)74)73-68-40-21-19-38-62(68)63-39-20-22-41-69(63)73/h1-50H. The zero-order valence-electron chi connectivity index (χ0n) is 41.3. The van der Waals surface area contributed by atoms with Gasteiger partial charge in [0.25, 0.3) is 0 Å². The third-order valence-electron chi connectivity index (χ3n) is 15.4. The van der Waals surface area contributed by atoms with Crippen LogP contribution in [-0.2, 0) is 0 Å². The summed E-state index contributed by atoms with van der Waals surface area (Å²) in [6.45, 7) is 0. The van der Waals surface area contributed by atoms with Crippen molar-refractivity contribution in [3.8, 4) is 55.9 Å². The summed E-state index contributed by atoms with van der Waals surface area (Å²) in [6.07, 6.45) is 0. The van der Waals surface area contributed by atoms with E-state index in [4.69, 9.17) is 0 Å². The molecule has 14 aromatic rings. The van der Waals surface area contributed by atoms with E-state index in [9.17, 15) is 0 Å². The van der Waals surface area contributed by atoms with Crippen LogP contribution in [0.3, 0.4) is 0 Å². The molecule has 12 aromatic carbocycles. The Kier molecular flexibility index (Phi) is 10.9. The fraction of sp³-hybridized carbons (Fsp3) is 0. The van der Waals surface area contributed by atoms with Gasteiger partial charge in [0.15, 0.2) is 8.07 Å². The van der Waals surface area contributed by atoms with Crippen LogP contribution < -0.4 is 20.7 Å². The average molecular weight is 971 g/mol. The number of para-hydroxylation sites is 2. The highest BCUT2D eigenvalue weighted by Gasteiger charge is 2.43. The van der Waals surface area contributed by atoms with Gasteiger partial charge in [-0.1, -0.05) is 261 Å². The molecule has 2 heterocycles. The lowest BCUT2D eigenvalue weighted by Crippen LogP contribution is -2.74. The Morgan fingerprint density at radius 1 is 0.213 bits per heavy atom. The Morgan fingerprint density at radius 2 is 0.600 bits per heavy atom. The summed E-state index contributed by atoms with van der Waals surface area (Å²) in [6, 6.07) is 113. The normalized spacial score (nSPS) is 11.7. The van der Waals surface area contributed by atoms with Gasteiger partial charge < -0.3 is 9.13 Å². The van der Waals surface area contributed by atoms with Gasteiger partial charge in [-0.05, 0) is 96.6 Å². The number of fused-ring (bicyclic) bond motifs is 6. The number of nitrogens with zero attached hydrogens (tertiary/aromatic N) is 2. The van der Waals surface area contributed by atoms with Crippen LogP contribution >= 0.6 is 0 Å². The van der Waals surface area contributed by atoms with Gasteiger partial charge in [0, 0.05) is 38.4 Å². The Morgan fingerprint density at radius 3 is 1.12 bits per heavy atom. The molecule has 0 amide bonds. The van der Waals surface area contributed by atoms with E-state index in [1.54, 1.807) is 0 Å². The Balaban J connectivity index is 1.13. The highest BCUT2D eigenvalue weighted by Crippen LogP contribution is 2.44. The molecule has 0 bridgehead atoms. The molecule has 0 atom stereocenters. The van der Waals surface area contributed by atoms with Crippen LogP contribution in [0, 0.1) is 0 Å².